The fourth-order valence-corrected chi connectivity index (χ4v) is 1.08. The number of halogens is 1. The standard InChI is InChI=1S/C9H11ClN2O2/c1-14-9-7(3-2-4-11-9)6-12-8(13)5-10/h2-4H,5-6H2,1H3,(H,12,13). The Hall–Kier alpha value is -1.29. The fourth-order valence-electron chi connectivity index (χ4n) is 0.984. The predicted molar refractivity (Wildman–Crippen MR) is 53.4 cm³/mol. The van der Waals surface area contributed by atoms with Crippen molar-refractivity contribution in [2.24, 2.45) is 0 Å². The molecule has 4 nitrogen and oxygen atoms in total. The SMILES string of the molecule is COc1ncccc1CNC(=O)CCl. The molecule has 1 heterocycles. The van der Waals surface area contributed by atoms with E-state index in [0.29, 0.717) is 12.4 Å². The number of methoxy groups -OCH3 is 1. The molecule has 0 atom stereocenters. The van der Waals surface area contributed by atoms with Gasteiger partial charge in [0.2, 0.25) is 11.8 Å². The van der Waals surface area contributed by atoms with Crippen molar-refractivity contribution in [2.75, 3.05) is 13.0 Å². The number of rotatable bonds is 4. The first-order valence-corrected chi connectivity index (χ1v) is 4.62. The molecule has 0 unspecified atom stereocenters. The van der Waals surface area contributed by atoms with E-state index >= 15 is 0 Å². The summed E-state index contributed by atoms with van der Waals surface area (Å²) < 4.78 is 5.02. The monoisotopic (exact) mass is 214 g/mol. The lowest BCUT2D eigenvalue weighted by Crippen LogP contribution is -2.24. The van der Waals surface area contributed by atoms with E-state index in [9.17, 15) is 4.79 Å². The highest BCUT2D eigenvalue weighted by Crippen LogP contribution is 2.12. The van der Waals surface area contributed by atoms with Gasteiger partial charge in [-0.1, -0.05) is 6.07 Å². The van der Waals surface area contributed by atoms with Crippen LogP contribution in [0.25, 0.3) is 0 Å². The van der Waals surface area contributed by atoms with Crippen molar-refractivity contribution in [3.63, 3.8) is 0 Å². The Morgan fingerprint density at radius 2 is 2.50 bits per heavy atom. The molecule has 0 bridgehead atoms. The van der Waals surface area contributed by atoms with Crippen LogP contribution >= 0.6 is 11.6 Å². The largest absolute Gasteiger partial charge is 0.481 e. The van der Waals surface area contributed by atoms with Crippen LogP contribution in [-0.2, 0) is 11.3 Å². The Morgan fingerprint density at radius 3 is 3.14 bits per heavy atom. The molecule has 1 rings (SSSR count). The maximum Gasteiger partial charge on any atom is 0.235 e. The van der Waals surface area contributed by atoms with Crippen LogP contribution in [0.2, 0.25) is 0 Å². The zero-order valence-electron chi connectivity index (χ0n) is 7.79. The average Bonchev–Trinajstić information content (AvgIpc) is 2.26. The summed E-state index contributed by atoms with van der Waals surface area (Å²) in [6.45, 7) is 0.378. The van der Waals surface area contributed by atoms with E-state index in [1.807, 2.05) is 6.07 Å². The van der Waals surface area contributed by atoms with Gasteiger partial charge < -0.3 is 10.1 Å². The number of pyridine rings is 1. The molecule has 0 saturated heterocycles. The number of carbonyl (C=O) groups is 1. The number of aromatic nitrogens is 1. The van der Waals surface area contributed by atoms with Gasteiger partial charge in [0.15, 0.2) is 0 Å². The molecule has 0 aliphatic carbocycles. The van der Waals surface area contributed by atoms with E-state index < -0.39 is 0 Å². The Bertz CT molecular complexity index is 317. The first kappa shape index (κ1) is 10.8. The summed E-state index contributed by atoms with van der Waals surface area (Å²) in [7, 11) is 1.54. The summed E-state index contributed by atoms with van der Waals surface area (Å²) in [6.07, 6.45) is 1.63. The van der Waals surface area contributed by atoms with Gasteiger partial charge in [-0.15, -0.1) is 11.6 Å². The molecule has 0 aromatic carbocycles. The number of hydrogen-bond acceptors (Lipinski definition) is 3. The van der Waals surface area contributed by atoms with Crippen LogP contribution < -0.4 is 10.1 Å². The molecule has 76 valence electrons. The lowest BCUT2D eigenvalue weighted by molar-refractivity contribution is -0.118. The normalized spacial score (nSPS) is 9.57. The second-order valence-corrected chi connectivity index (χ2v) is 2.85. The average molecular weight is 215 g/mol. The lowest BCUT2D eigenvalue weighted by atomic mass is 10.2. The fraction of sp³-hybridized carbons (Fsp3) is 0.333. The van der Waals surface area contributed by atoms with E-state index in [2.05, 4.69) is 10.3 Å². The number of carbonyl (C=O) groups excluding carboxylic acids is 1. The minimum absolute atomic E-state index is 0.0391. The minimum atomic E-state index is -0.211. The smallest absolute Gasteiger partial charge is 0.235 e. The third kappa shape index (κ3) is 2.88. The lowest BCUT2D eigenvalue weighted by Gasteiger charge is -2.06. The third-order valence-corrected chi connectivity index (χ3v) is 1.88. The molecular weight excluding hydrogens is 204 g/mol. The van der Waals surface area contributed by atoms with Crippen LogP contribution in [0.3, 0.4) is 0 Å². The molecule has 1 aromatic heterocycles. The molecule has 0 radical (unpaired) electrons. The number of amides is 1. The number of alkyl halides is 1. The summed E-state index contributed by atoms with van der Waals surface area (Å²) in [5.74, 6) is 0.266. The molecular formula is C9H11ClN2O2. The van der Waals surface area contributed by atoms with Gasteiger partial charge in [0.1, 0.15) is 5.88 Å². The summed E-state index contributed by atoms with van der Waals surface area (Å²) >= 11 is 5.33. The predicted octanol–water partition coefficient (Wildman–Crippen LogP) is 0.945. The van der Waals surface area contributed by atoms with Gasteiger partial charge in [-0.3, -0.25) is 4.79 Å². The second kappa shape index (κ2) is 5.44. The van der Waals surface area contributed by atoms with Gasteiger partial charge in [-0.2, -0.15) is 0 Å². The Labute approximate surface area is 87.2 Å². The number of nitrogens with one attached hydrogen (secondary N) is 1. The highest BCUT2D eigenvalue weighted by Gasteiger charge is 2.04. The van der Waals surface area contributed by atoms with Crippen molar-refractivity contribution in [3.05, 3.63) is 23.9 Å². The molecule has 0 fully saturated rings. The molecule has 1 amide bonds. The van der Waals surface area contributed by atoms with Crippen molar-refractivity contribution in [1.29, 1.82) is 0 Å². The van der Waals surface area contributed by atoms with Crippen molar-refractivity contribution in [1.82, 2.24) is 10.3 Å². The van der Waals surface area contributed by atoms with Crippen molar-refractivity contribution in [3.8, 4) is 5.88 Å². The van der Waals surface area contributed by atoms with E-state index in [-0.39, 0.29) is 11.8 Å². The van der Waals surface area contributed by atoms with Crippen molar-refractivity contribution < 1.29 is 9.53 Å². The van der Waals surface area contributed by atoms with Gasteiger partial charge in [-0.25, -0.2) is 4.98 Å². The number of nitrogens with zero attached hydrogens (tertiary/aromatic N) is 1. The summed E-state index contributed by atoms with van der Waals surface area (Å²) in [4.78, 5) is 14.9. The zero-order chi connectivity index (χ0) is 10.4. The van der Waals surface area contributed by atoms with Gasteiger partial charge in [-0.05, 0) is 6.07 Å². The number of ether oxygens (including phenoxy) is 1. The summed E-state index contributed by atoms with van der Waals surface area (Å²) in [5.41, 5.74) is 0.827. The van der Waals surface area contributed by atoms with Gasteiger partial charge >= 0.3 is 0 Å². The molecule has 14 heavy (non-hydrogen) atoms. The van der Waals surface area contributed by atoms with Crippen LogP contribution in [0.1, 0.15) is 5.56 Å². The van der Waals surface area contributed by atoms with Crippen LogP contribution in [0.4, 0.5) is 0 Å². The summed E-state index contributed by atoms with van der Waals surface area (Å²) in [5, 5.41) is 2.63. The van der Waals surface area contributed by atoms with Crippen LogP contribution in [-0.4, -0.2) is 23.9 Å². The Balaban J connectivity index is 2.61. The molecule has 0 aliphatic heterocycles. The van der Waals surface area contributed by atoms with Crippen LogP contribution in [0, 0.1) is 0 Å². The molecule has 1 N–H and O–H groups in total. The van der Waals surface area contributed by atoms with Crippen molar-refractivity contribution >= 4 is 17.5 Å². The maximum absolute atomic E-state index is 10.9. The molecule has 5 heteroatoms. The minimum Gasteiger partial charge on any atom is -0.481 e. The molecule has 0 aliphatic rings. The van der Waals surface area contributed by atoms with E-state index in [0.717, 1.165) is 5.56 Å². The highest BCUT2D eigenvalue weighted by molar-refractivity contribution is 6.27. The van der Waals surface area contributed by atoms with E-state index in [1.54, 1.807) is 12.3 Å². The van der Waals surface area contributed by atoms with Gasteiger partial charge in [0.25, 0.3) is 0 Å². The quantitative estimate of drug-likeness (QED) is 0.760. The van der Waals surface area contributed by atoms with Crippen molar-refractivity contribution in [2.45, 2.75) is 6.54 Å². The van der Waals surface area contributed by atoms with E-state index in [4.69, 9.17) is 16.3 Å². The first-order valence-electron chi connectivity index (χ1n) is 4.08. The summed E-state index contributed by atoms with van der Waals surface area (Å²) in [6, 6.07) is 3.62. The molecule has 0 spiro atoms. The Morgan fingerprint density at radius 1 is 1.71 bits per heavy atom. The second-order valence-electron chi connectivity index (χ2n) is 2.58. The Kier molecular flexibility index (Phi) is 4.19. The molecule has 0 saturated carbocycles. The molecule has 1 aromatic rings. The highest BCUT2D eigenvalue weighted by atomic mass is 35.5. The third-order valence-electron chi connectivity index (χ3n) is 1.64. The van der Waals surface area contributed by atoms with Gasteiger partial charge in [0.05, 0.1) is 7.11 Å². The van der Waals surface area contributed by atoms with Gasteiger partial charge in [0, 0.05) is 18.3 Å². The zero-order valence-corrected chi connectivity index (χ0v) is 8.54. The topological polar surface area (TPSA) is 51.2 Å². The van der Waals surface area contributed by atoms with E-state index in [1.165, 1.54) is 7.11 Å². The number of hydrogen-bond donors (Lipinski definition) is 1. The van der Waals surface area contributed by atoms with Crippen LogP contribution in [0.15, 0.2) is 18.3 Å². The first-order chi connectivity index (χ1) is 6.77. The van der Waals surface area contributed by atoms with Crippen LogP contribution in [0.5, 0.6) is 5.88 Å². The maximum atomic E-state index is 10.9.